The van der Waals surface area contributed by atoms with Gasteiger partial charge in [0.2, 0.25) is 5.91 Å². The minimum atomic E-state index is -0.437. The summed E-state index contributed by atoms with van der Waals surface area (Å²) in [5.74, 6) is -0.306. The zero-order chi connectivity index (χ0) is 17.1. The normalized spacial score (nSPS) is 23.5. The summed E-state index contributed by atoms with van der Waals surface area (Å²) in [6.45, 7) is 1.83. The maximum atomic E-state index is 12.7. The summed E-state index contributed by atoms with van der Waals surface area (Å²) < 4.78 is 5.51. The largest absolute Gasteiger partial charge is 0.376 e. The number of hydrogen-bond donors (Lipinski definition) is 1. The zero-order valence-electron chi connectivity index (χ0n) is 13.3. The average molecular weight is 371 g/mol. The smallest absolute Gasteiger partial charge is 0.254 e. The Morgan fingerprint density at radius 3 is 2.75 bits per heavy atom. The number of carbonyl (C=O) groups is 2. The van der Waals surface area contributed by atoms with Gasteiger partial charge >= 0.3 is 0 Å². The van der Waals surface area contributed by atoms with Crippen LogP contribution in [0.25, 0.3) is 0 Å². The van der Waals surface area contributed by atoms with Gasteiger partial charge in [-0.2, -0.15) is 0 Å². The van der Waals surface area contributed by atoms with Gasteiger partial charge < -0.3 is 15.0 Å². The van der Waals surface area contributed by atoms with Crippen molar-refractivity contribution >= 4 is 35.0 Å². The molecule has 2 amide bonds. The fourth-order valence-electron chi connectivity index (χ4n) is 3.21. The predicted molar refractivity (Wildman–Crippen MR) is 92.5 cm³/mol. The molecule has 5 nitrogen and oxygen atoms in total. The van der Waals surface area contributed by atoms with E-state index in [4.69, 9.17) is 27.9 Å². The summed E-state index contributed by atoms with van der Waals surface area (Å²) >= 11 is 11.9. The van der Waals surface area contributed by atoms with Crippen molar-refractivity contribution in [1.29, 1.82) is 0 Å². The third-order valence-electron chi connectivity index (χ3n) is 4.51. The van der Waals surface area contributed by atoms with Gasteiger partial charge in [-0.25, -0.2) is 0 Å². The lowest BCUT2D eigenvalue weighted by Gasteiger charge is -2.24. The van der Waals surface area contributed by atoms with Gasteiger partial charge in [-0.3, -0.25) is 9.59 Å². The molecular formula is C17H20Cl2N2O3. The second-order valence-corrected chi connectivity index (χ2v) is 6.98. The maximum absolute atomic E-state index is 12.7. The predicted octanol–water partition coefficient (Wildman–Crippen LogP) is 2.89. The summed E-state index contributed by atoms with van der Waals surface area (Å²) in [6, 6.07) is 4.34. The molecule has 0 saturated carbocycles. The molecule has 0 spiro atoms. The molecule has 3 rings (SSSR count). The summed E-state index contributed by atoms with van der Waals surface area (Å²) in [7, 11) is 0. The molecule has 2 fully saturated rings. The SMILES string of the molecule is O=C(NC[C@@H]1CCCO1)[C@@H]1CCCN1C(=O)c1ccc(Cl)c(Cl)c1. The Bertz CT molecular complexity index is 632. The second kappa shape index (κ2) is 7.72. The van der Waals surface area contributed by atoms with Gasteiger partial charge in [0.15, 0.2) is 0 Å². The molecule has 0 radical (unpaired) electrons. The highest BCUT2D eigenvalue weighted by molar-refractivity contribution is 6.42. The first kappa shape index (κ1) is 17.5. The average Bonchev–Trinajstić information content (AvgIpc) is 3.26. The number of halogens is 2. The van der Waals surface area contributed by atoms with E-state index in [2.05, 4.69) is 5.32 Å². The van der Waals surface area contributed by atoms with Crippen molar-refractivity contribution in [3.8, 4) is 0 Å². The summed E-state index contributed by atoms with van der Waals surface area (Å²) in [4.78, 5) is 26.8. The molecule has 2 aliphatic heterocycles. The highest BCUT2D eigenvalue weighted by Gasteiger charge is 2.35. The molecule has 0 unspecified atom stereocenters. The lowest BCUT2D eigenvalue weighted by atomic mass is 10.1. The van der Waals surface area contributed by atoms with Crippen LogP contribution in [0.3, 0.4) is 0 Å². The van der Waals surface area contributed by atoms with Crippen molar-refractivity contribution in [2.24, 2.45) is 0 Å². The number of carbonyl (C=O) groups excluding carboxylic acids is 2. The van der Waals surface area contributed by atoms with Crippen molar-refractivity contribution in [3.63, 3.8) is 0 Å². The molecule has 2 heterocycles. The number of hydrogen-bond acceptors (Lipinski definition) is 3. The highest BCUT2D eigenvalue weighted by atomic mass is 35.5. The molecule has 7 heteroatoms. The van der Waals surface area contributed by atoms with Gasteiger partial charge in [0.1, 0.15) is 6.04 Å². The molecule has 0 aromatic heterocycles. The van der Waals surface area contributed by atoms with E-state index in [9.17, 15) is 9.59 Å². The number of nitrogens with zero attached hydrogens (tertiary/aromatic N) is 1. The standard InChI is InChI=1S/C17H20Cl2N2O3/c18-13-6-5-11(9-14(13)19)17(23)21-7-1-4-15(21)16(22)20-10-12-3-2-8-24-12/h5-6,9,12,15H,1-4,7-8,10H2,(H,20,22)/t12-,15-/m0/s1. The molecule has 1 aromatic carbocycles. The van der Waals surface area contributed by atoms with E-state index in [0.29, 0.717) is 35.1 Å². The molecule has 1 aromatic rings. The van der Waals surface area contributed by atoms with Gasteiger partial charge in [0, 0.05) is 25.3 Å². The molecule has 0 bridgehead atoms. The van der Waals surface area contributed by atoms with E-state index < -0.39 is 6.04 Å². The molecular weight excluding hydrogens is 351 g/mol. The van der Waals surface area contributed by atoms with E-state index in [1.165, 1.54) is 0 Å². The zero-order valence-corrected chi connectivity index (χ0v) is 14.8. The van der Waals surface area contributed by atoms with Crippen molar-refractivity contribution in [2.75, 3.05) is 19.7 Å². The fraction of sp³-hybridized carbons (Fsp3) is 0.529. The van der Waals surface area contributed by atoms with E-state index in [0.717, 1.165) is 25.9 Å². The number of rotatable bonds is 4. The molecule has 2 aliphatic rings. The van der Waals surface area contributed by atoms with Crippen molar-refractivity contribution < 1.29 is 14.3 Å². The maximum Gasteiger partial charge on any atom is 0.254 e. The van der Waals surface area contributed by atoms with Gasteiger partial charge in [-0.1, -0.05) is 23.2 Å². The molecule has 2 saturated heterocycles. The third-order valence-corrected chi connectivity index (χ3v) is 5.25. The molecule has 0 aliphatic carbocycles. The van der Waals surface area contributed by atoms with E-state index in [-0.39, 0.29) is 17.9 Å². The Morgan fingerprint density at radius 2 is 2.04 bits per heavy atom. The third kappa shape index (κ3) is 3.85. The minimum absolute atomic E-state index is 0.0922. The van der Waals surface area contributed by atoms with Crippen LogP contribution >= 0.6 is 23.2 Å². The number of ether oxygens (including phenoxy) is 1. The van der Waals surface area contributed by atoms with E-state index in [1.807, 2.05) is 0 Å². The molecule has 24 heavy (non-hydrogen) atoms. The van der Waals surface area contributed by atoms with Crippen molar-refractivity contribution in [2.45, 2.75) is 37.8 Å². The Hall–Kier alpha value is -1.30. The Morgan fingerprint density at radius 1 is 1.21 bits per heavy atom. The number of benzene rings is 1. The van der Waals surface area contributed by atoms with Crippen LogP contribution < -0.4 is 5.32 Å². The first-order valence-electron chi connectivity index (χ1n) is 8.21. The van der Waals surface area contributed by atoms with Crippen LogP contribution in [0.4, 0.5) is 0 Å². The van der Waals surface area contributed by atoms with Crippen LogP contribution in [0.15, 0.2) is 18.2 Å². The monoisotopic (exact) mass is 370 g/mol. The Labute approximate surface area is 151 Å². The lowest BCUT2D eigenvalue weighted by Crippen LogP contribution is -2.47. The summed E-state index contributed by atoms with van der Waals surface area (Å²) in [5, 5.41) is 3.66. The van der Waals surface area contributed by atoms with Crippen molar-refractivity contribution in [3.05, 3.63) is 33.8 Å². The van der Waals surface area contributed by atoms with Crippen LogP contribution in [-0.4, -0.2) is 48.6 Å². The van der Waals surface area contributed by atoms with Crippen LogP contribution in [0.2, 0.25) is 10.0 Å². The van der Waals surface area contributed by atoms with Gasteiger partial charge in [-0.15, -0.1) is 0 Å². The molecule has 1 N–H and O–H groups in total. The lowest BCUT2D eigenvalue weighted by molar-refractivity contribution is -0.125. The summed E-state index contributed by atoms with van der Waals surface area (Å²) in [6.07, 6.45) is 3.58. The highest BCUT2D eigenvalue weighted by Crippen LogP contribution is 2.26. The van der Waals surface area contributed by atoms with Crippen LogP contribution in [0.1, 0.15) is 36.0 Å². The topological polar surface area (TPSA) is 58.6 Å². The van der Waals surface area contributed by atoms with E-state index in [1.54, 1.807) is 23.1 Å². The fourth-order valence-corrected chi connectivity index (χ4v) is 3.51. The summed E-state index contributed by atoms with van der Waals surface area (Å²) in [5.41, 5.74) is 0.447. The van der Waals surface area contributed by atoms with Gasteiger partial charge in [-0.05, 0) is 43.9 Å². The quantitative estimate of drug-likeness (QED) is 0.886. The molecule has 2 atom stereocenters. The Balaban J connectivity index is 1.64. The van der Waals surface area contributed by atoms with Crippen LogP contribution in [-0.2, 0) is 9.53 Å². The number of amides is 2. The minimum Gasteiger partial charge on any atom is -0.376 e. The first-order chi connectivity index (χ1) is 11.6. The van der Waals surface area contributed by atoms with Crippen molar-refractivity contribution in [1.82, 2.24) is 10.2 Å². The number of likely N-dealkylation sites (tertiary alicyclic amines) is 1. The van der Waals surface area contributed by atoms with Gasteiger partial charge in [0.05, 0.1) is 16.1 Å². The first-order valence-corrected chi connectivity index (χ1v) is 8.97. The van der Waals surface area contributed by atoms with Crippen LogP contribution in [0, 0.1) is 0 Å². The second-order valence-electron chi connectivity index (χ2n) is 6.17. The number of nitrogens with one attached hydrogen (secondary N) is 1. The molecule has 130 valence electrons. The Kier molecular flexibility index (Phi) is 5.64. The van der Waals surface area contributed by atoms with E-state index >= 15 is 0 Å². The van der Waals surface area contributed by atoms with Crippen LogP contribution in [0.5, 0.6) is 0 Å². The van der Waals surface area contributed by atoms with Gasteiger partial charge in [0.25, 0.3) is 5.91 Å².